The summed E-state index contributed by atoms with van der Waals surface area (Å²) in [6.07, 6.45) is 0. The van der Waals surface area contributed by atoms with Gasteiger partial charge in [-0.1, -0.05) is 33.8 Å². The maximum atomic E-state index is 12.3. The molecule has 1 amide bonds. The minimum absolute atomic E-state index is 0.0135. The van der Waals surface area contributed by atoms with Gasteiger partial charge in [0.1, 0.15) is 5.75 Å². The monoisotopic (exact) mass is 291 g/mol. The lowest BCUT2D eigenvalue weighted by Crippen LogP contribution is -2.17. The summed E-state index contributed by atoms with van der Waals surface area (Å²) < 4.78 is 5.10. The van der Waals surface area contributed by atoms with Crippen LogP contribution in [0.2, 0.25) is 0 Å². The molecule has 0 atom stereocenters. The summed E-state index contributed by atoms with van der Waals surface area (Å²) in [5, 5.41) is 11.5. The average Bonchev–Trinajstić information content (AvgIpc) is 2.77. The number of rotatable bonds is 5. The summed E-state index contributed by atoms with van der Waals surface area (Å²) in [6.45, 7) is 7.95. The molecule has 114 valence electrons. The number of carboxylic acid groups (broad SMARTS) is 1. The number of amides is 1. The van der Waals surface area contributed by atoms with Crippen LogP contribution >= 0.6 is 0 Å². The smallest absolute Gasteiger partial charge is 0.341 e. The van der Waals surface area contributed by atoms with Gasteiger partial charge in [0.05, 0.1) is 0 Å². The molecule has 0 aromatic heterocycles. The van der Waals surface area contributed by atoms with Crippen molar-refractivity contribution in [1.82, 2.24) is 0 Å². The summed E-state index contributed by atoms with van der Waals surface area (Å²) in [5.74, 6) is -0.663. The van der Waals surface area contributed by atoms with Crippen molar-refractivity contribution < 1.29 is 19.4 Å². The first kappa shape index (κ1) is 15.4. The number of carboxylic acids is 1. The van der Waals surface area contributed by atoms with Crippen molar-refractivity contribution in [3.05, 3.63) is 24.3 Å². The van der Waals surface area contributed by atoms with Crippen LogP contribution in [0.4, 0.5) is 5.69 Å². The Bertz CT molecular complexity index is 563. The van der Waals surface area contributed by atoms with Crippen molar-refractivity contribution >= 4 is 17.6 Å². The first-order chi connectivity index (χ1) is 9.66. The molecule has 0 saturated heterocycles. The SMILES string of the molecule is CC1(C)C(C(=O)Nc2cccc(OCC(=O)O)c2)C1(C)C. The second-order valence-corrected chi connectivity index (χ2v) is 6.58. The molecule has 21 heavy (non-hydrogen) atoms. The molecule has 0 spiro atoms. The molecular formula is C16H21NO4. The molecule has 1 aliphatic rings. The average molecular weight is 291 g/mol. The van der Waals surface area contributed by atoms with Gasteiger partial charge in [0, 0.05) is 17.7 Å². The van der Waals surface area contributed by atoms with Gasteiger partial charge in [-0.3, -0.25) is 4.79 Å². The Hall–Kier alpha value is -2.04. The van der Waals surface area contributed by atoms with E-state index >= 15 is 0 Å². The van der Waals surface area contributed by atoms with E-state index in [2.05, 4.69) is 33.0 Å². The van der Waals surface area contributed by atoms with Gasteiger partial charge in [0.25, 0.3) is 0 Å². The summed E-state index contributed by atoms with van der Waals surface area (Å²) in [4.78, 5) is 22.8. The number of benzene rings is 1. The Kier molecular flexibility index (Phi) is 3.70. The van der Waals surface area contributed by atoms with E-state index in [1.807, 2.05) is 0 Å². The number of hydrogen-bond donors (Lipinski definition) is 2. The molecule has 0 radical (unpaired) electrons. The minimum Gasteiger partial charge on any atom is -0.482 e. The van der Waals surface area contributed by atoms with Crippen LogP contribution in [0.5, 0.6) is 5.75 Å². The number of anilines is 1. The van der Waals surface area contributed by atoms with Crippen molar-refractivity contribution in [3.8, 4) is 5.75 Å². The van der Waals surface area contributed by atoms with Crippen LogP contribution in [0.25, 0.3) is 0 Å². The predicted octanol–water partition coefficient (Wildman–Crippen LogP) is 2.77. The molecule has 5 nitrogen and oxygen atoms in total. The number of ether oxygens (including phenoxy) is 1. The van der Waals surface area contributed by atoms with E-state index < -0.39 is 12.6 Å². The van der Waals surface area contributed by atoms with Crippen LogP contribution in [-0.2, 0) is 9.59 Å². The van der Waals surface area contributed by atoms with Gasteiger partial charge in [-0.25, -0.2) is 4.79 Å². The van der Waals surface area contributed by atoms with Gasteiger partial charge in [0.2, 0.25) is 5.91 Å². The second kappa shape index (κ2) is 5.06. The zero-order valence-electron chi connectivity index (χ0n) is 12.8. The molecular weight excluding hydrogens is 270 g/mol. The number of nitrogens with one attached hydrogen (secondary N) is 1. The number of aliphatic carboxylic acids is 1. The molecule has 0 heterocycles. The second-order valence-electron chi connectivity index (χ2n) is 6.58. The molecule has 2 N–H and O–H groups in total. The van der Waals surface area contributed by atoms with E-state index in [-0.39, 0.29) is 22.7 Å². The lowest BCUT2D eigenvalue weighted by molar-refractivity contribution is -0.139. The number of hydrogen-bond acceptors (Lipinski definition) is 3. The molecule has 1 saturated carbocycles. The maximum absolute atomic E-state index is 12.3. The molecule has 0 unspecified atom stereocenters. The quantitative estimate of drug-likeness (QED) is 0.874. The van der Waals surface area contributed by atoms with E-state index in [4.69, 9.17) is 9.84 Å². The van der Waals surface area contributed by atoms with E-state index in [9.17, 15) is 9.59 Å². The standard InChI is InChI=1S/C16H21NO4/c1-15(2)13(16(15,3)4)14(20)17-10-6-5-7-11(8-10)21-9-12(18)19/h5-8,13H,9H2,1-4H3,(H,17,20)(H,18,19). The summed E-state index contributed by atoms with van der Waals surface area (Å²) in [7, 11) is 0. The summed E-state index contributed by atoms with van der Waals surface area (Å²) in [6, 6.07) is 6.76. The molecule has 5 heteroatoms. The summed E-state index contributed by atoms with van der Waals surface area (Å²) >= 11 is 0. The fourth-order valence-electron chi connectivity index (χ4n) is 2.87. The maximum Gasteiger partial charge on any atom is 0.341 e. The van der Waals surface area contributed by atoms with E-state index in [0.717, 1.165) is 0 Å². The highest BCUT2D eigenvalue weighted by Crippen LogP contribution is 2.68. The van der Waals surface area contributed by atoms with Crippen molar-refractivity contribution in [3.63, 3.8) is 0 Å². The fourth-order valence-corrected chi connectivity index (χ4v) is 2.87. The van der Waals surface area contributed by atoms with E-state index in [1.54, 1.807) is 24.3 Å². The first-order valence-electron chi connectivity index (χ1n) is 6.92. The minimum atomic E-state index is -1.04. The van der Waals surface area contributed by atoms with Crippen LogP contribution in [-0.4, -0.2) is 23.6 Å². The fraction of sp³-hybridized carbons (Fsp3) is 0.500. The lowest BCUT2D eigenvalue weighted by atomic mass is 10.0. The Morgan fingerprint density at radius 2 is 1.86 bits per heavy atom. The number of carbonyl (C=O) groups excluding carboxylic acids is 1. The van der Waals surface area contributed by atoms with Gasteiger partial charge in [0.15, 0.2) is 6.61 Å². The Balaban J connectivity index is 2.02. The first-order valence-corrected chi connectivity index (χ1v) is 6.92. The van der Waals surface area contributed by atoms with Crippen LogP contribution in [0.3, 0.4) is 0 Å². The van der Waals surface area contributed by atoms with Gasteiger partial charge >= 0.3 is 5.97 Å². The highest BCUT2D eigenvalue weighted by atomic mass is 16.5. The van der Waals surface area contributed by atoms with Gasteiger partial charge in [-0.05, 0) is 23.0 Å². The molecule has 1 aromatic rings. The van der Waals surface area contributed by atoms with Gasteiger partial charge in [-0.2, -0.15) is 0 Å². The molecule has 1 aliphatic carbocycles. The Morgan fingerprint density at radius 1 is 1.24 bits per heavy atom. The molecule has 1 aromatic carbocycles. The molecule has 0 aliphatic heterocycles. The number of carbonyl (C=O) groups is 2. The third-order valence-electron chi connectivity index (χ3n) is 4.75. The van der Waals surface area contributed by atoms with Crippen molar-refractivity contribution in [1.29, 1.82) is 0 Å². The van der Waals surface area contributed by atoms with Crippen molar-refractivity contribution in [2.24, 2.45) is 16.7 Å². The highest BCUT2D eigenvalue weighted by molar-refractivity contribution is 5.96. The van der Waals surface area contributed by atoms with E-state index in [1.165, 1.54) is 0 Å². The third-order valence-corrected chi connectivity index (χ3v) is 4.75. The topological polar surface area (TPSA) is 75.6 Å². The normalized spacial score (nSPS) is 18.9. The zero-order valence-corrected chi connectivity index (χ0v) is 12.8. The van der Waals surface area contributed by atoms with Crippen LogP contribution < -0.4 is 10.1 Å². The Labute approximate surface area is 124 Å². The molecule has 1 fully saturated rings. The zero-order chi connectivity index (χ0) is 15.8. The van der Waals surface area contributed by atoms with Crippen molar-refractivity contribution in [2.45, 2.75) is 27.7 Å². The molecule has 0 bridgehead atoms. The predicted molar refractivity (Wildman–Crippen MR) is 79.3 cm³/mol. The largest absolute Gasteiger partial charge is 0.482 e. The Morgan fingerprint density at radius 3 is 2.38 bits per heavy atom. The van der Waals surface area contributed by atoms with Crippen molar-refractivity contribution in [2.75, 3.05) is 11.9 Å². The highest BCUT2D eigenvalue weighted by Gasteiger charge is 2.68. The van der Waals surface area contributed by atoms with Gasteiger partial charge in [-0.15, -0.1) is 0 Å². The summed E-state index contributed by atoms with van der Waals surface area (Å²) in [5.41, 5.74) is 0.574. The molecule has 2 rings (SSSR count). The van der Waals surface area contributed by atoms with Crippen LogP contribution in [0, 0.1) is 16.7 Å². The third kappa shape index (κ3) is 2.86. The van der Waals surface area contributed by atoms with Gasteiger partial charge < -0.3 is 15.2 Å². The van der Waals surface area contributed by atoms with Crippen LogP contribution in [0.15, 0.2) is 24.3 Å². The lowest BCUT2D eigenvalue weighted by Gasteiger charge is -2.09. The van der Waals surface area contributed by atoms with E-state index in [0.29, 0.717) is 11.4 Å². The van der Waals surface area contributed by atoms with Crippen LogP contribution in [0.1, 0.15) is 27.7 Å².